The van der Waals surface area contributed by atoms with Gasteiger partial charge < -0.3 is 9.64 Å². The van der Waals surface area contributed by atoms with Crippen LogP contribution in [0.3, 0.4) is 0 Å². The van der Waals surface area contributed by atoms with E-state index in [0.29, 0.717) is 18.9 Å². The zero-order valence-corrected chi connectivity index (χ0v) is 22.3. The Kier molecular flexibility index (Phi) is 6.23. The first-order valence-electron chi connectivity index (χ1n) is 14.0. The Morgan fingerprint density at radius 1 is 0.850 bits per heavy atom. The Labute approximate surface area is 233 Å². The summed E-state index contributed by atoms with van der Waals surface area (Å²) in [7, 11) is 0. The molecule has 0 spiro atoms. The summed E-state index contributed by atoms with van der Waals surface area (Å²) in [6, 6.07) is 26.3. The molecule has 2 aliphatic heterocycles. The van der Waals surface area contributed by atoms with Gasteiger partial charge in [0.05, 0.1) is 6.04 Å². The highest BCUT2D eigenvalue weighted by Crippen LogP contribution is 2.40. The Morgan fingerprint density at radius 2 is 1.65 bits per heavy atom. The molecular formula is C34H31N3O3. The highest BCUT2D eigenvalue weighted by molar-refractivity contribution is 5.96. The number of carbonyl (C=O) groups is 1. The van der Waals surface area contributed by atoms with Gasteiger partial charge in [-0.2, -0.15) is 0 Å². The molecule has 3 heterocycles. The molecule has 1 amide bonds. The van der Waals surface area contributed by atoms with E-state index in [0.717, 1.165) is 31.2 Å². The van der Waals surface area contributed by atoms with Gasteiger partial charge in [-0.05, 0) is 59.1 Å². The highest BCUT2D eigenvalue weighted by atomic mass is 16.5. The average Bonchev–Trinajstić information content (AvgIpc) is 3.17. The van der Waals surface area contributed by atoms with Crippen LogP contribution in [0.2, 0.25) is 0 Å². The lowest BCUT2D eigenvalue weighted by Gasteiger charge is -2.44. The predicted molar refractivity (Wildman–Crippen MR) is 156 cm³/mol. The summed E-state index contributed by atoms with van der Waals surface area (Å²) in [5.74, 6) is -0.0647. The third-order valence-electron chi connectivity index (χ3n) is 8.25. The Balaban J connectivity index is 1.45. The molecule has 3 aliphatic rings. The van der Waals surface area contributed by atoms with Crippen molar-refractivity contribution in [3.05, 3.63) is 140 Å². The number of hydrogen-bond donors (Lipinski definition) is 0. The predicted octanol–water partition coefficient (Wildman–Crippen LogP) is 5.47. The molecule has 1 atom stereocenters. The molecule has 3 aromatic carbocycles. The molecule has 7 rings (SSSR count). The molecule has 0 saturated carbocycles. The van der Waals surface area contributed by atoms with E-state index in [1.165, 1.54) is 33.9 Å². The Morgan fingerprint density at radius 3 is 2.55 bits per heavy atom. The summed E-state index contributed by atoms with van der Waals surface area (Å²) >= 11 is 0. The molecule has 0 N–H and O–H groups in total. The van der Waals surface area contributed by atoms with Crippen LogP contribution in [0, 0.1) is 0 Å². The Bertz CT molecular complexity index is 1670. The zero-order chi connectivity index (χ0) is 27.1. The van der Waals surface area contributed by atoms with E-state index in [2.05, 4.69) is 59.6 Å². The van der Waals surface area contributed by atoms with Crippen molar-refractivity contribution in [3.8, 4) is 5.75 Å². The molecule has 0 saturated heterocycles. The van der Waals surface area contributed by atoms with Crippen molar-refractivity contribution in [2.45, 2.75) is 38.3 Å². The lowest BCUT2D eigenvalue weighted by atomic mass is 9.90. The second kappa shape index (κ2) is 10.2. The highest BCUT2D eigenvalue weighted by Gasteiger charge is 2.39. The molecule has 4 aromatic rings. The van der Waals surface area contributed by atoms with Crippen LogP contribution in [-0.2, 0) is 19.4 Å². The molecule has 1 aliphatic carbocycles. The zero-order valence-electron chi connectivity index (χ0n) is 22.3. The van der Waals surface area contributed by atoms with Gasteiger partial charge in [-0.25, -0.2) is 0 Å². The van der Waals surface area contributed by atoms with Crippen LogP contribution in [0.4, 0.5) is 0 Å². The topological polar surface area (TPSA) is 54.8 Å². The normalized spacial score (nSPS) is 18.5. The van der Waals surface area contributed by atoms with E-state index in [-0.39, 0.29) is 29.7 Å². The summed E-state index contributed by atoms with van der Waals surface area (Å²) in [5, 5.41) is 2.25. The van der Waals surface area contributed by atoms with Crippen molar-refractivity contribution in [2.24, 2.45) is 0 Å². The van der Waals surface area contributed by atoms with Gasteiger partial charge in [0, 0.05) is 18.8 Å². The monoisotopic (exact) mass is 529 g/mol. The fraction of sp³-hybridized carbons (Fsp3) is 0.235. The molecule has 6 heteroatoms. The summed E-state index contributed by atoms with van der Waals surface area (Å²) in [4.78, 5) is 29.2. The molecule has 1 unspecified atom stereocenters. The van der Waals surface area contributed by atoms with E-state index >= 15 is 0 Å². The molecule has 0 radical (unpaired) electrons. The van der Waals surface area contributed by atoms with Crippen molar-refractivity contribution in [1.82, 2.24) is 9.58 Å². The van der Waals surface area contributed by atoms with Crippen molar-refractivity contribution >= 4 is 12.0 Å². The van der Waals surface area contributed by atoms with Crippen LogP contribution in [0.5, 0.6) is 5.75 Å². The van der Waals surface area contributed by atoms with Crippen molar-refractivity contribution in [3.63, 3.8) is 0 Å². The molecule has 0 fully saturated rings. The molecule has 40 heavy (non-hydrogen) atoms. The molecule has 6 nitrogen and oxygen atoms in total. The average molecular weight is 530 g/mol. The number of aromatic nitrogens is 1. The molecular weight excluding hydrogens is 498 g/mol. The van der Waals surface area contributed by atoms with E-state index in [4.69, 9.17) is 4.74 Å². The standard InChI is InChI=1S/C34H31N3O3/c38-29-19-21-36-32(33(29)40-22-24-10-3-1-4-11-24)34(39)35-20-8-2-5-13-26-14-9-15-27-18-17-25-12-6-7-16-28(25)31(30(26)27)37(36)23-35/h1,3-7,9-16,19,21,31H,2,8,17-18,20,22-23H2/b13-5-. The van der Waals surface area contributed by atoms with E-state index in [1.807, 2.05) is 39.9 Å². The number of hydrogen-bond acceptors (Lipinski definition) is 4. The van der Waals surface area contributed by atoms with Crippen LogP contribution in [-0.4, -0.2) is 28.7 Å². The maximum Gasteiger partial charge on any atom is 0.277 e. The lowest BCUT2D eigenvalue weighted by Crippen LogP contribution is -2.56. The van der Waals surface area contributed by atoms with Crippen LogP contribution in [0.25, 0.3) is 6.08 Å². The molecule has 1 aromatic heterocycles. The van der Waals surface area contributed by atoms with Crippen molar-refractivity contribution in [1.29, 1.82) is 0 Å². The van der Waals surface area contributed by atoms with Gasteiger partial charge in [-0.15, -0.1) is 0 Å². The minimum atomic E-state index is -0.286. The smallest absolute Gasteiger partial charge is 0.277 e. The van der Waals surface area contributed by atoms with Crippen LogP contribution < -0.4 is 15.2 Å². The third-order valence-corrected chi connectivity index (χ3v) is 8.25. The van der Waals surface area contributed by atoms with E-state index in [1.54, 1.807) is 6.20 Å². The van der Waals surface area contributed by atoms with Gasteiger partial charge in [0.15, 0.2) is 11.4 Å². The number of allylic oxidation sites excluding steroid dienone is 1. The quantitative estimate of drug-likeness (QED) is 0.353. The van der Waals surface area contributed by atoms with Gasteiger partial charge in [0.1, 0.15) is 13.3 Å². The van der Waals surface area contributed by atoms with Gasteiger partial charge >= 0.3 is 0 Å². The van der Waals surface area contributed by atoms with Gasteiger partial charge in [0.2, 0.25) is 5.43 Å². The summed E-state index contributed by atoms with van der Waals surface area (Å²) in [6.45, 7) is 1.22. The van der Waals surface area contributed by atoms with Gasteiger partial charge in [0.25, 0.3) is 5.91 Å². The number of benzene rings is 3. The minimum absolute atomic E-state index is 0.106. The Hall–Kier alpha value is -4.58. The third kappa shape index (κ3) is 4.20. The van der Waals surface area contributed by atoms with Crippen LogP contribution in [0.15, 0.2) is 95.9 Å². The first kappa shape index (κ1) is 24.5. The number of pyridine rings is 1. The largest absolute Gasteiger partial charge is 0.482 e. The van der Waals surface area contributed by atoms with Crippen molar-refractivity contribution in [2.75, 3.05) is 18.2 Å². The summed E-state index contributed by atoms with van der Waals surface area (Å²) in [5.41, 5.74) is 7.26. The van der Waals surface area contributed by atoms with Crippen LogP contribution in [0.1, 0.15) is 62.8 Å². The van der Waals surface area contributed by atoms with Gasteiger partial charge in [-0.3, -0.25) is 19.3 Å². The maximum atomic E-state index is 14.0. The first-order valence-corrected chi connectivity index (χ1v) is 14.0. The number of fused-ring (bicyclic) bond motifs is 7. The van der Waals surface area contributed by atoms with E-state index < -0.39 is 0 Å². The molecule has 2 bridgehead atoms. The summed E-state index contributed by atoms with van der Waals surface area (Å²) in [6.07, 6.45) is 9.82. The number of ether oxygens (including phenoxy) is 1. The lowest BCUT2D eigenvalue weighted by molar-refractivity contribution is 0.0675. The fourth-order valence-corrected chi connectivity index (χ4v) is 6.33. The fourth-order valence-electron chi connectivity index (χ4n) is 6.33. The number of aryl methyl sites for hydroxylation is 2. The van der Waals surface area contributed by atoms with Crippen molar-refractivity contribution < 1.29 is 9.53 Å². The first-order chi connectivity index (χ1) is 19.7. The second-order valence-electron chi connectivity index (χ2n) is 10.7. The number of carbonyl (C=O) groups excluding carboxylic acids is 1. The number of rotatable bonds is 3. The maximum absolute atomic E-state index is 14.0. The number of amides is 1. The molecule has 200 valence electrons. The van der Waals surface area contributed by atoms with Crippen LogP contribution >= 0.6 is 0 Å². The van der Waals surface area contributed by atoms with E-state index in [9.17, 15) is 9.59 Å². The second-order valence-corrected chi connectivity index (χ2v) is 10.7. The van der Waals surface area contributed by atoms with Gasteiger partial charge in [-0.1, -0.05) is 84.9 Å². The number of nitrogens with zero attached hydrogens (tertiary/aromatic N) is 3. The minimum Gasteiger partial charge on any atom is -0.482 e. The SMILES string of the molecule is O=C1c2c(OCc3ccccc3)c(=O)ccn2N2CN1CCC/C=C\c1cccc3c1C2c1ccccc1CC3. The summed E-state index contributed by atoms with van der Waals surface area (Å²) < 4.78 is 8.04.